The molecule has 1 atom stereocenters. The Morgan fingerprint density at radius 1 is 1.38 bits per heavy atom. The van der Waals surface area contributed by atoms with Crippen LogP contribution in [0.2, 0.25) is 0 Å². The standard InChI is InChI=1S/C14H28N3O3.HI/c1-4-5-6-13(11-16(20)12-18)14(19)15-7-9-17(2,3)10-8-15;/h12-13,20H,4-11H2,1-3H3;1H/q+1;/p-1/t13-;/m1./s1. The minimum absolute atomic E-state index is 0. The van der Waals surface area contributed by atoms with Gasteiger partial charge in [-0.3, -0.25) is 14.8 Å². The number of amides is 2. The molecule has 0 saturated carbocycles. The second kappa shape index (κ2) is 9.58. The molecule has 0 radical (unpaired) electrons. The Balaban J connectivity index is 0.00000400. The Kier molecular flexibility index (Phi) is 9.39. The highest BCUT2D eigenvalue weighted by Crippen LogP contribution is 2.16. The van der Waals surface area contributed by atoms with Crippen LogP contribution in [0.15, 0.2) is 0 Å². The van der Waals surface area contributed by atoms with Crippen molar-refractivity contribution < 1.29 is 43.3 Å². The van der Waals surface area contributed by atoms with Crippen LogP contribution in [0.25, 0.3) is 0 Å². The van der Waals surface area contributed by atoms with Gasteiger partial charge >= 0.3 is 0 Å². The predicted octanol–water partition coefficient (Wildman–Crippen LogP) is -2.44. The van der Waals surface area contributed by atoms with Crippen LogP contribution >= 0.6 is 0 Å². The van der Waals surface area contributed by atoms with Crippen molar-refractivity contribution in [3.05, 3.63) is 0 Å². The summed E-state index contributed by atoms with van der Waals surface area (Å²) in [5, 5.41) is 9.93. The van der Waals surface area contributed by atoms with E-state index in [0.717, 1.165) is 49.9 Å². The molecule has 0 aliphatic carbocycles. The molecule has 1 fully saturated rings. The number of piperazine rings is 1. The summed E-state index contributed by atoms with van der Waals surface area (Å²) in [5.74, 6) is -0.224. The Morgan fingerprint density at radius 2 is 1.95 bits per heavy atom. The molecule has 1 aliphatic heterocycles. The van der Waals surface area contributed by atoms with E-state index in [4.69, 9.17) is 0 Å². The Morgan fingerprint density at radius 3 is 2.43 bits per heavy atom. The van der Waals surface area contributed by atoms with Crippen molar-refractivity contribution in [2.75, 3.05) is 46.8 Å². The van der Waals surface area contributed by atoms with E-state index in [2.05, 4.69) is 21.0 Å². The van der Waals surface area contributed by atoms with Gasteiger partial charge in [0.1, 0.15) is 0 Å². The molecule has 0 aromatic carbocycles. The van der Waals surface area contributed by atoms with Gasteiger partial charge < -0.3 is 33.4 Å². The zero-order valence-electron chi connectivity index (χ0n) is 13.3. The average Bonchev–Trinajstić information content (AvgIpc) is 2.42. The summed E-state index contributed by atoms with van der Waals surface area (Å²) in [6, 6.07) is 0. The number of likely N-dealkylation sites (N-methyl/N-ethyl adjacent to an activating group) is 1. The molecule has 2 amide bonds. The predicted molar refractivity (Wildman–Crippen MR) is 76.0 cm³/mol. The summed E-state index contributed by atoms with van der Waals surface area (Å²) in [4.78, 5) is 25.0. The van der Waals surface area contributed by atoms with Crippen molar-refractivity contribution in [2.45, 2.75) is 26.2 Å². The molecule has 21 heavy (non-hydrogen) atoms. The largest absolute Gasteiger partial charge is 1.00 e. The van der Waals surface area contributed by atoms with Gasteiger partial charge in [0.05, 0.1) is 52.7 Å². The van der Waals surface area contributed by atoms with E-state index in [1.165, 1.54) is 0 Å². The van der Waals surface area contributed by atoms with Crippen LogP contribution in [0.3, 0.4) is 0 Å². The van der Waals surface area contributed by atoms with Gasteiger partial charge in [-0.25, -0.2) is 5.06 Å². The maximum Gasteiger partial charge on any atom is 0.233 e. The SMILES string of the molecule is CCCC[C@H](CN(O)C=O)C(=O)N1CC[N+](C)(C)CC1.[I-]. The molecule has 0 aromatic heterocycles. The molecule has 1 aliphatic rings. The molecular weight excluding hydrogens is 385 g/mol. The average molecular weight is 413 g/mol. The number of halogens is 1. The fourth-order valence-corrected chi connectivity index (χ4v) is 2.50. The third kappa shape index (κ3) is 6.92. The van der Waals surface area contributed by atoms with E-state index in [0.29, 0.717) is 11.5 Å². The molecule has 0 spiro atoms. The van der Waals surface area contributed by atoms with Crippen LogP contribution in [-0.4, -0.2) is 78.8 Å². The summed E-state index contributed by atoms with van der Waals surface area (Å²) >= 11 is 0. The molecule has 1 N–H and O–H groups in total. The summed E-state index contributed by atoms with van der Waals surface area (Å²) in [7, 11) is 4.33. The lowest BCUT2D eigenvalue weighted by atomic mass is 9.99. The minimum Gasteiger partial charge on any atom is -1.00 e. The van der Waals surface area contributed by atoms with Gasteiger partial charge in [-0.15, -0.1) is 0 Å². The third-order valence-corrected chi connectivity index (χ3v) is 4.05. The molecule has 0 aromatic rings. The van der Waals surface area contributed by atoms with E-state index >= 15 is 0 Å². The topological polar surface area (TPSA) is 60.9 Å². The number of hydrogen-bond donors (Lipinski definition) is 1. The fraction of sp³-hybridized carbons (Fsp3) is 0.857. The molecule has 0 unspecified atom stereocenters. The lowest BCUT2D eigenvalue weighted by Gasteiger charge is -2.40. The first-order valence-electron chi connectivity index (χ1n) is 7.41. The Bertz CT molecular complexity index is 329. The highest BCUT2D eigenvalue weighted by molar-refractivity contribution is 5.79. The Labute approximate surface area is 144 Å². The number of hydrogen-bond acceptors (Lipinski definition) is 3. The highest BCUT2D eigenvalue weighted by Gasteiger charge is 2.31. The van der Waals surface area contributed by atoms with Crippen molar-refractivity contribution in [3.8, 4) is 0 Å². The summed E-state index contributed by atoms with van der Waals surface area (Å²) in [5.41, 5.74) is 0. The maximum absolute atomic E-state index is 12.5. The third-order valence-electron chi connectivity index (χ3n) is 4.05. The molecule has 124 valence electrons. The number of nitrogens with zero attached hydrogens (tertiary/aromatic N) is 3. The number of hydroxylamine groups is 2. The first-order chi connectivity index (χ1) is 9.39. The van der Waals surface area contributed by atoms with Gasteiger partial charge in [-0.1, -0.05) is 19.8 Å². The fourth-order valence-electron chi connectivity index (χ4n) is 2.50. The van der Waals surface area contributed by atoms with E-state index in [-0.39, 0.29) is 42.3 Å². The second-order valence-corrected chi connectivity index (χ2v) is 6.27. The molecule has 0 bridgehead atoms. The normalized spacial score (nSPS) is 18.6. The monoisotopic (exact) mass is 413 g/mol. The van der Waals surface area contributed by atoms with Crippen LogP contribution in [0.1, 0.15) is 26.2 Å². The molecule has 6 nitrogen and oxygen atoms in total. The van der Waals surface area contributed by atoms with Crippen LogP contribution in [0.4, 0.5) is 0 Å². The van der Waals surface area contributed by atoms with E-state index in [9.17, 15) is 14.8 Å². The first-order valence-corrected chi connectivity index (χ1v) is 7.41. The van der Waals surface area contributed by atoms with Gasteiger partial charge in [0.15, 0.2) is 0 Å². The molecular formula is C14H28IN3O3. The second-order valence-electron chi connectivity index (χ2n) is 6.27. The molecule has 1 saturated heterocycles. The molecule has 7 heteroatoms. The number of quaternary nitrogens is 1. The van der Waals surface area contributed by atoms with Crippen LogP contribution in [-0.2, 0) is 9.59 Å². The Hall–Kier alpha value is -0.410. The van der Waals surface area contributed by atoms with Gasteiger partial charge in [0.25, 0.3) is 0 Å². The van der Waals surface area contributed by atoms with Crippen molar-refractivity contribution in [1.29, 1.82) is 0 Å². The summed E-state index contributed by atoms with van der Waals surface area (Å²) < 4.78 is 0.934. The minimum atomic E-state index is -0.293. The maximum atomic E-state index is 12.5. The highest BCUT2D eigenvalue weighted by atomic mass is 127. The number of rotatable bonds is 7. The molecule has 1 rings (SSSR count). The lowest BCUT2D eigenvalue weighted by Crippen LogP contribution is -3.00. The summed E-state index contributed by atoms with van der Waals surface area (Å²) in [6.07, 6.45) is 3.01. The number of carbonyl (C=O) groups is 2. The number of unbranched alkanes of at least 4 members (excludes halogenated alkanes) is 1. The van der Waals surface area contributed by atoms with Crippen molar-refractivity contribution in [2.24, 2.45) is 5.92 Å². The number of carbonyl (C=O) groups excluding carboxylic acids is 2. The van der Waals surface area contributed by atoms with Crippen molar-refractivity contribution in [1.82, 2.24) is 9.96 Å². The summed E-state index contributed by atoms with van der Waals surface area (Å²) in [6.45, 7) is 5.56. The van der Waals surface area contributed by atoms with Crippen LogP contribution < -0.4 is 24.0 Å². The van der Waals surface area contributed by atoms with Crippen LogP contribution in [0, 0.1) is 5.92 Å². The van der Waals surface area contributed by atoms with Gasteiger partial charge in [-0.05, 0) is 6.42 Å². The van der Waals surface area contributed by atoms with Crippen molar-refractivity contribution >= 4 is 12.3 Å². The van der Waals surface area contributed by atoms with Gasteiger partial charge in [-0.2, -0.15) is 0 Å². The quantitative estimate of drug-likeness (QED) is 0.166. The van der Waals surface area contributed by atoms with E-state index < -0.39 is 0 Å². The smallest absolute Gasteiger partial charge is 0.233 e. The van der Waals surface area contributed by atoms with E-state index in [1.807, 2.05) is 4.90 Å². The first kappa shape index (κ1) is 20.6. The molecule has 1 heterocycles. The van der Waals surface area contributed by atoms with Crippen LogP contribution in [0.5, 0.6) is 0 Å². The van der Waals surface area contributed by atoms with E-state index in [1.54, 1.807) is 0 Å². The lowest BCUT2D eigenvalue weighted by molar-refractivity contribution is -0.894. The zero-order chi connectivity index (χ0) is 15.2. The van der Waals surface area contributed by atoms with Gasteiger partial charge in [0, 0.05) is 0 Å². The van der Waals surface area contributed by atoms with Crippen molar-refractivity contribution in [3.63, 3.8) is 0 Å². The zero-order valence-corrected chi connectivity index (χ0v) is 15.5. The van der Waals surface area contributed by atoms with Gasteiger partial charge in [0.2, 0.25) is 12.3 Å².